The van der Waals surface area contributed by atoms with Crippen molar-refractivity contribution < 1.29 is 8.42 Å². The van der Waals surface area contributed by atoms with Crippen LogP contribution in [0.3, 0.4) is 0 Å². The van der Waals surface area contributed by atoms with E-state index in [0.717, 1.165) is 29.4 Å². The Balaban J connectivity index is 2.23. The molecule has 0 aliphatic heterocycles. The van der Waals surface area contributed by atoms with Gasteiger partial charge in [-0.15, -0.1) is 0 Å². The number of halogens is 1. The molecule has 0 radical (unpaired) electrons. The monoisotopic (exact) mass is 306 g/mol. The SMILES string of the molecule is Cc1c(Br)c(CS(=O)(=O)C2CCC2)nn1C. The summed E-state index contributed by atoms with van der Waals surface area (Å²) in [7, 11) is -1.19. The van der Waals surface area contributed by atoms with Gasteiger partial charge in [0.2, 0.25) is 0 Å². The molecule has 0 atom stereocenters. The smallest absolute Gasteiger partial charge is 0.158 e. The minimum atomic E-state index is -3.01. The molecule has 0 amide bonds. The molecule has 1 heterocycles. The Bertz CT molecular complexity index is 503. The topological polar surface area (TPSA) is 52.0 Å². The molecule has 4 nitrogen and oxygen atoms in total. The molecule has 16 heavy (non-hydrogen) atoms. The fraction of sp³-hybridized carbons (Fsp3) is 0.700. The number of nitrogens with zero attached hydrogens (tertiary/aromatic N) is 2. The van der Waals surface area contributed by atoms with Gasteiger partial charge in [0.1, 0.15) is 0 Å². The molecule has 1 aliphatic rings. The van der Waals surface area contributed by atoms with E-state index in [9.17, 15) is 8.42 Å². The first-order chi connectivity index (χ1) is 7.42. The van der Waals surface area contributed by atoms with Crippen molar-refractivity contribution in [1.29, 1.82) is 0 Å². The second kappa shape index (κ2) is 4.14. The van der Waals surface area contributed by atoms with Gasteiger partial charge in [-0.1, -0.05) is 6.42 Å². The van der Waals surface area contributed by atoms with Crippen molar-refractivity contribution in [3.8, 4) is 0 Å². The molecule has 0 bridgehead atoms. The average Bonchev–Trinajstić information content (AvgIpc) is 2.29. The van der Waals surface area contributed by atoms with E-state index in [4.69, 9.17) is 0 Å². The Labute approximate surface area is 104 Å². The normalized spacial score (nSPS) is 17.4. The van der Waals surface area contributed by atoms with Gasteiger partial charge in [0.05, 0.1) is 21.2 Å². The van der Waals surface area contributed by atoms with Gasteiger partial charge < -0.3 is 0 Å². The predicted molar refractivity (Wildman–Crippen MR) is 65.9 cm³/mol. The average molecular weight is 307 g/mol. The fourth-order valence-electron chi connectivity index (χ4n) is 1.78. The third kappa shape index (κ3) is 2.05. The van der Waals surface area contributed by atoms with E-state index in [1.807, 2.05) is 14.0 Å². The molecule has 0 unspecified atom stereocenters. The summed E-state index contributed by atoms with van der Waals surface area (Å²) in [4.78, 5) is 0. The van der Waals surface area contributed by atoms with Crippen LogP contribution in [0.25, 0.3) is 0 Å². The summed E-state index contributed by atoms with van der Waals surface area (Å²) in [6.45, 7) is 1.91. The van der Waals surface area contributed by atoms with E-state index < -0.39 is 9.84 Å². The minimum absolute atomic E-state index is 0.0555. The zero-order valence-electron chi connectivity index (χ0n) is 9.40. The van der Waals surface area contributed by atoms with Crippen molar-refractivity contribution in [3.63, 3.8) is 0 Å². The maximum absolute atomic E-state index is 12.0. The number of aromatic nitrogens is 2. The van der Waals surface area contributed by atoms with E-state index in [-0.39, 0.29) is 11.0 Å². The Morgan fingerprint density at radius 2 is 2.12 bits per heavy atom. The highest BCUT2D eigenvalue weighted by atomic mass is 79.9. The van der Waals surface area contributed by atoms with Crippen molar-refractivity contribution in [3.05, 3.63) is 15.9 Å². The molecule has 1 aliphatic carbocycles. The molecule has 1 fully saturated rings. The zero-order valence-corrected chi connectivity index (χ0v) is 11.8. The Morgan fingerprint density at radius 1 is 1.50 bits per heavy atom. The highest BCUT2D eigenvalue weighted by molar-refractivity contribution is 9.10. The van der Waals surface area contributed by atoms with Gasteiger partial charge in [-0.3, -0.25) is 4.68 Å². The first-order valence-electron chi connectivity index (χ1n) is 5.31. The standard InChI is InChI=1S/C10H15BrN2O2S/c1-7-10(11)9(12-13(7)2)6-16(14,15)8-4-3-5-8/h8H,3-6H2,1-2H3. The highest BCUT2D eigenvalue weighted by Crippen LogP contribution is 2.30. The van der Waals surface area contributed by atoms with Crippen LogP contribution in [0.2, 0.25) is 0 Å². The summed E-state index contributed by atoms with van der Waals surface area (Å²) >= 11 is 3.39. The number of hydrogen-bond donors (Lipinski definition) is 0. The van der Waals surface area contributed by atoms with Crippen molar-refractivity contribution >= 4 is 25.8 Å². The molecule has 0 saturated heterocycles. The lowest BCUT2D eigenvalue weighted by molar-refractivity contribution is 0.476. The predicted octanol–water partition coefficient (Wildman–Crippen LogP) is 1.96. The lowest BCUT2D eigenvalue weighted by Crippen LogP contribution is -2.29. The first-order valence-corrected chi connectivity index (χ1v) is 7.82. The summed E-state index contributed by atoms with van der Waals surface area (Å²) in [5, 5.41) is 4.09. The van der Waals surface area contributed by atoms with Gasteiger partial charge >= 0.3 is 0 Å². The molecular formula is C10H15BrN2O2S. The second-order valence-corrected chi connectivity index (χ2v) is 7.40. The number of rotatable bonds is 3. The van der Waals surface area contributed by atoms with E-state index >= 15 is 0 Å². The molecule has 90 valence electrons. The molecule has 2 rings (SSSR count). The van der Waals surface area contributed by atoms with E-state index in [0.29, 0.717) is 5.69 Å². The maximum Gasteiger partial charge on any atom is 0.158 e. The van der Waals surface area contributed by atoms with Crippen LogP contribution in [0.15, 0.2) is 4.47 Å². The lowest BCUT2D eigenvalue weighted by atomic mass is 10.0. The van der Waals surface area contributed by atoms with Gasteiger partial charge in [-0.2, -0.15) is 5.10 Å². The molecule has 6 heteroatoms. The van der Waals surface area contributed by atoms with Crippen LogP contribution in [0, 0.1) is 6.92 Å². The number of aryl methyl sites for hydroxylation is 1. The van der Waals surface area contributed by atoms with Crippen LogP contribution in [0.4, 0.5) is 0 Å². The van der Waals surface area contributed by atoms with Crippen LogP contribution in [0.1, 0.15) is 30.7 Å². The van der Waals surface area contributed by atoms with Crippen molar-refractivity contribution in [2.45, 2.75) is 37.2 Å². The summed E-state index contributed by atoms with van der Waals surface area (Å²) < 4.78 is 26.5. The summed E-state index contributed by atoms with van der Waals surface area (Å²) in [6.07, 6.45) is 2.66. The van der Waals surface area contributed by atoms with E-state index in [1.54, 1.807) is 4.68 Å². The van der Waals surface area contributed by atoms with E-state index in [1.165, 1.54) is 0 Å². The largest absolute Gasteiger partial charge is 0.271 e. The third-order valence-electron chi connectivity index (χ3n) is 3.23. The molecule has 0 N–H and O–H groups in total. The van der Waals surface area contributed by atoms with Gasteiger partial charge in [0.15, 0.2) is 9.84 Å². The van der Waals surface area contributed by atoms with Crippen LogP contribution in [-0.4, -0.2) is 23.4 Å². The number of sulfone groups is 1. The van der Waals surface area contributed by atoms with Crippen LogP contribution in [-0.2, 0) is 22.6 Å². The van der Waals surface area contributed by atoms with Crippen LogP contribution >= 0.6 is 15.9 Å². The minimum Gasteiger partial charge on any atom is -0.271 e. The van der Waals surface area contributed by atoms with Gasteiger partial charge in [-0.05, 0) is 35.7 Å². The van der Waals surface area contributed by atoms with Crippen molar-refractivity contribution in [1.82, 2.24) is 9.78 Å². The first kappa shape index (κ1) is 12.1. The molecule has 1 aromatic rings. The Morgan fingerprint density at radius 3 is 2.50 bits per heavy atom. The molecule has 0 spiro atoms. The second-order valence-electron chi connectivity index (χ2n) is 4.33. The third-order valence-corrected chi connectivity index (χ3v) is 6.42. The lowest BCUT2D eigenvalue weighted by Gasteiger charge is -2.24. The summed E-state index contributed by atoms with van der Waals surface area (Å²) in [5.74, 6) is 0.0555. The Hall–Kier alpha value is -0.360. The fourth-order valence-corrected chi connectivity index (χ4v) is 4.31. The number of hydrogen-bond acceptors (Lipinski definition) is 3. The molecule has 1 aromatic heterocycles. The van der Waals surface area contributed by atoms with E-state index in [2.05, 4.69) is 21.0 Å². The van der Waals surface area contributed by atoms with Crippen LogP contribution in [0.5, 0.6) is 0 Å². The summed E-state index contributed by atoms with van der Waals surface area (Å²) in [6, 6.07) is 0. The quantitative estimate of drug-likeness (QED) is 0.858. The van der Waals surface area contributed by atoms with Crippen molar-refractivity contribution in [2.75, 3.05) is 0 Å². The Kier molecular flexibility index (Phi) is 3.13. The molecule has 1 saturated carbocycles. The van der Waals surface area contributed by atoms with Gasteiger partial charge in [0.25, 0.3) is 0 Å². The molecular weight excluding hydrogens is 292 g/mol. The van der Waals surface area contributed by atoms with Gasteiger partial charge in [0, 0.05) is 12.7 Å². The highest BCUT2D eigenvalue weighted by Gasteiger charge is 2.32. The molecule has 0 aromatic carbocycles. The zero-order chi connectivity index (χ0) is 11.9. The van der Waals surface area contributed by atoms with Crippen LogP contribution < -0.4 is 0 Å². The summed E-state index contributed by atoms with van der Waals surface area (Å²) in [5.41, 5.74) is 1.59. The maximum atomic E-state index is 12.0. The van der Waals surface area contributed by atoms with Crippen molar-refractivity contribution in [2.24, 2.45) is 7.05 Å². The van der Waals surface area contributed by atoms with Gasteiger partial charge in [-0.25, -0.2) is 8.42 Å².